The maximum absolute atomic E-state index is 10.0. The van der Waals surface area contributed by atoms with Gasteiger partial charge in [0.15, 0.2) is 0 Å². The van der Waals surface area contributed by atoms with Crippen molar-refractivity contribution in [1.29, 1.82) is 0 Å². The van der Waals surface area contributed by atoms with Crippen LogP contribution < -0.4 is 0 Å². The lowest BCUT2D eigenvalue weighted by Crippen LogP contribution is -1.73. The van der Waals surface area contributed by atoms with Crippen molar-refractivity contribution in [3.8, 4) is 0 Å². The van der Waals surface area contributed by atoms with Crippen LogP contribution in [0.5, 0.6) is 0 Å². The minimum Gasteiger partial charge on any atom is -0.298 e. The molecule has 0 N–H and O–H groups in total. The SMILES string of the molecule is CC.II.O=Cc1ccccc1. The highest BCUT2D eigenvalue weighted by Gasteiger charge is 1.79. The van der Waals surface area contributed by atoms with Crippen LogP contribution in [0.15, 0.2) is 30.3 Å². The lowest BCUT2D eigenvalue weighted by Gasteiger charge is -1.81. The van der Waals surface area contributed by atoms with Gasteiger partial charge in [-0.25, -0.2) is 0 Å². The molecule has 0 aliphatic rings. The zero-order valence-corrected chi connectivity index (χ0v) is 11.4. The fraction of sp³-hybridized carbons (Fsp3) is 0.222. The van der Waals surface area contributed by atoms with Crippen LogP contribution in [0.2, 0.25) is 0 Å². The van der Waals surface area contributed by atoms with E-state index in [1.165, 1.54) is 0 Å². The zero-order chi connectivity index (χ0) is 9.82. The molecule has 0 saturated heterocycles. The Hall–Kier alpha value is 0.350. The molecule has 1 rings (SSSR count). The molecule has 0 atom stereocenters. The molecule has 0 amide bonds. The van der Waals surface area contributed by atoms with Gasteiger partial charge in [0.25, 0.3) is 0 Å². The van der Waals surface area contributed by atoms with Gasteiger partial charge in [0.2, 0.25) is 0 Å². The van der Waals surface area contributed by atoms with E-state index >= 15 is 0 Å². The van der Waals surface area contributed by atoms with E-state index in [0.29, 0.717) is 0 Å². The summed E-state index contributed by atoms with van der Waals surface area (Å²) in [5.41, 5.74) is 0.729. The fourth-order valence-corrected chi connectivity index (χ4v) is 0.532. The van der Waals surface area contributed by atoms with Crippen LogP contribution in [-0.2, 0) is 0 Å². The van der Waals surface area contributed by atoms with Crippen LogP contribution in [0.3, 0.4) is 0 Å². The van der Waals surface area contributed by atoms with E-state index in [9.17, 15) is 4.79 Å². The Labute approximate surface area is 97.3 Å². The second kappa shape index (κ2) is 13.9. The maximum Gasteiger partial charge on any atom is 0.150 e. The fourth-order valence-electron chi connectivity index (χ4n) is 0.532. The third kappa shape index (κ3) is 8.45. The second-order valence-electron chi connectivity index (χ2n) is 1.53. The summed E-state index contributed by atoms with van der Waals surface area (Å²) in [5.74, 6) is 0. The summed E-state index contributed by atoms with van der Waals surface area (Å²) >= 11 is 4.24. The van der Waals surface area contributed by atoms with E-state index in [1.54, 1.807) is 12.1 Å². The van der Waals surface area contributed by atoms with Crippen molar-refractivity contribution in [2.24, 2.45) is 0 Å². The first-order valence-electron chi connectivity index (χ1n) is 3.58. The quantitative estimate of drug-likeness (QED) is 0.517. The molecule has 0 radical (unpaired) electrons. The standard InChI is InChI=1S/C7H6O.C2H6.I2/c8-6-7-4-2-1-3-5-7;2*1-2/h1-6H;1-2H3;. The van der Waals surface area contributed by atoms with Gasteiger partial charge >= 0.3 is 0 Å². The summed E-state index contributed by atoms with van der Waals surface area (Å²) in [6.45, 7) is 4.00. The minimum absolute atomic E-state index is 0.729. The molecular formula is C9H12I2O. The molecule has 0 aliphatic carbocycles. The van der Waals surface area contributed by atoms with Gasteiger partial charge in [0, 0.05) is 42.8 Å². The first kappa shape index (κ1) is 14.9. The summed E-state index contributed by atoms with van der Waals surface area (Å²) < 4.78 is 0. The van der Waals surface area contributed by atoms with Gasteiger partial charge in [-0.05, 0) is 0 Å². The van der Waals surface area contributed by atoms with Crippen molar-refractivity contribution in [1.82, 2.24) is 0 Å². The Morgan fingerprint density at radius 1 is 1.08 bits per heavy atom. The highest BCUT2D eigenvalue weighted by atomic mass is 128. The van der Waals surface area contributed by atoms with Crippen molar-refractivity contribution < 1.29 is 4.79 Å². The average Bonchev–Trinajstić information content (AvgIpc) is 2.25. The Morgan fingerprint density at radius 2 is 1.50 bits per heavy atom. The third-order valence-electron chi connectivity index (χ3n) is 0.936. The molecule has 0 heterocycles. The molecule has 1 aromatic carbocycles. The molecule has 68 valence electrons. The number of aldehydes is 1. The van der Waals surface area contributed by atoms with Gasteiger partial charge in [0.1, 0.15) is 6.29 Å². The highest BCUT2D eigenvalue weighted by Crippen LogP contribution is 1.91. The van der Waals surface area contributed by atoms with E-state index in [2.05, 4.69) is 37.2 Å². The molecule has 12 heavy (non-hydrogen) atoms. The first-order valence-corrected chi connectivity index (χ1v) is 9.86. The number of halogens is 2. The zero-order valence-electron chi connectivity index (χ0n) is 7.13. The summed E-state index contributed by atoms with van der Waals surface area (Å²) in [5, 5.41) is 0. The summed E-state index contributed by atoms with van der Waals surface area (Å²) in [6, 6.07) is 9.10. The summed E-state index contributed by atoms with van der Waals surface area (Å²) in [7, 11) is 0. The van der Waals surface area contributed by atoms with Crippen molar-refractivity contribution >= 4 is 43.5 Å². The molecule has 0 unspecified atom stereocenters. The Morgan fingerprint density at radius 3 is 1.75 bits per heavy atom. The van der Waals surface area contributed by atoms with Crippen LogP contribution in [0, 0.1) is 0 Å². The number of hydrogen-bond acceptors (Lipinski definition) is 1. The number of benzene rings is 1. The van der Waals surface area contributed by atoms with Crippen LogP contribution in [-0.4, -0.2) is 6.29 Å². The van der Waals surface area contributed by atoms with Gasteiger partial charge < -0.3 is 0 Å². The number of rotatable bonds is 1. The molecule has 0 saturated carbocycles. The van der Waals surface area contributed by atoms with Crippen molar-refractivity contribution in [3.63, 3.8) is 0 Å². The monoisotopic (exact) mass is 390 g/mol. The molecule has 0 aromatic heterocycles. The maximum atomic E-state index is 10.0. The van der Waals surface area contributed by atoms with Crippen molar-refractivity contribution in [2.75, 3.05) is 0 Å². The van der Waals surface area contributed by atoms with E-state index in [4.69, 9.17) is 0 Å². The smallest absolute Gasteiger partial charge is 0.150 e. The van der Waals surface area contributed by atoms with Crippen LogP contribution in [0.25, 0.3) is 0 Å². The van der Waals surface area contributed by atoms with Crippen LogP contribution in [0.4, 0.5) is 0 Å². The number of carbonyl (C=O) groups excluding carboxylic acids is 1. The Kier molecular flexibility index (Phi) is 17.2. The first-order chi connectivity index (χ1) is 5.93. The Balaban J connectivity index is 0. The largest absolute Gasteiger partial charge is 0.298 e. The van der Waals surface area contributed by atoms with Gasteiger partial charge in [-0.1, -0.05) is 44.2 Å². The van der Waals surface area contributed by atoms with Crippen molar-refractivity contribution in [3.05, 3.63) is 35.9 Å². The lowest BCUT2D eigenvalue weighted by atomic mass is 10.2. The molecule has 0 spiro atoms. The second-order valence-corrected chi connectivity index (χ2v) is 1.53. The van der Waals surface area contributed by atoms with Crippen molar-refractivity contribution in [2.45, 2.75) is 13.8 Å². The average molecular weight is 390 g/mol. The van der Waals surface area contributed by atoms with Gasteiger partial charge in [0.05, 0.1) is 0 Å². The van der Waals surface area contributed by atoms with Crippen LogP contribution in [0.1, 0.15) is 24.2 Å². The van der Waals surface area contributed by atoms with Crippen LogP contribution >= 0.6 is 37.2 Å². The molecule has 0 bridgehead atoms. The topological polar surface area (TPSA) is 17.1 Å². The third-order valence-corrected chi connectivity index (χ3v) is 0.936. The van der Waals surface area contributed by atoms with E-state index in [1.807, 2.05) is 32.0 Å². The number of hydrogen-bond donors (Lipinski definition) is 0. The highest BCUT2D eigenvalue weighted by molar-refractivity contribution is 15.0. The summed E-state index contributed by atoms with van der Waals surface area (Å²) in [4.78, 5) is 10.0. The summed E-state index contributed by atoms with van der Waals surface area (Å²) in [6.07, 6.45) is 0.833. The molecule has 3 heteroatoms. The number of carbonyl (C=O) groups is 1. The molecule has 1 nitrogen and oxygen atoms in total. The molecular weight excluding hydrogens is 378 g/mol. The van der Waals surface area contributed by atoms with Gasteiger partial charge in [-0.15, -0.1) is 0 Å². The molecule has 1 aromatic rings. The van der Waals surface area contributed by atoms with E-state index in [-0.39, 0.29) is 0 Å². The lowest BCUT2D eigenvalue weighted by molar-refractivity contribution is 0.112. The van der Waals surface area contributed by atoms with Gasteiger partial charge in [-0.3, -0.25) is 4.79 Å². The normalized spacial score (nSPS) is 6.67. The Bertz CT molecular complexity index is 175. The molecule has 0 aliphatic heterocycles. The predicted octanol–water partition coefficient (Wildman–Crippen LogP) is 4.30. The minimum atomic E-state index is 0.729. The van der Waals surface area contributed by atoms with Gasteiger partial charge in [-0.2, -0.15) is 0 Å². The predicted molar refractivity (Wildman–Crippen MR) is 71.2 cm³/mol. The molecule has 0 fully saturated rings. The van der Waals surface area contributed by atoms with E-state index < -0.39 is 0 Å². The van der Waals surface area contributed by atoms with E-state index in [0.717, 1.165) is 11.8 Å².